The number of carbonyl (C=O) groups excluding carboxylic acids is 2. The number of nitrogens with one attached hydrogen (secondary N) is 1. The molecule has 0 saturated carbocycles. The van der Waals surface area contributed by atoms with E-state index < -0.39 is 23.7 Å². The second-order valence-corrected chi connectivity index (χ2v) is 9.18. The normalized spacial score (nSPS) is 19.7. The van der Waals surface area contributed by atoms with Gasteiger partial charge in [0, 0.05) is 26.0 Å². The van der Waals surface area contributed by atoms with E-state index in [4.69, 9.17) is 9.47 Å². The van der Waals surface area contributed by atoms with Crippen molar-refractivity contribution in [3.8, 4) is 11.1 Å². The number of nitrogens with zero attached hydrogens (tertiary/aromatic N) is 1. The van der Waals surface area contributed by atoms with Crippen LogP contribution in [0.1, 0.15) is 49.7 Å². The van der Waals surface area contributed by atoms with Crippen molar-refractivity contribution in [1.82, 2.24) is 10.2 Å². The molecule has 2 aromatic carbocycles. The number of aliphatic carboxylic acids is 1. The molecule has 4 rings (SSSR count). The number of rotatable bonds is 9. The van der Waals surface area contributed by atoms with Crippen molar-refractivity contribution in [1.29, 1.82) is 0 Å². The highest BCUT2D eigenvalue weighted by molar-refractivity contribution is 5.88. The molecule has 1 saturated heterocycles. The van der Waals surface area contributed by atoms with Gasteiger partial charge in [-0.05, 0) is 28.7 Å². The summed E-state index contributed by atoms with van der Waals surface area (Å²) in [5.74, 6) is -1.48. The van der Waals surface area contributed by atoms with E-state index in [1.165, 1.54) is 12.0 Å². The van der Waals surface area contributed by atoms with E-state index in [0.717, 1.165) is 35.1 Å². The molecule has 186 valence electrons. The van der Waals surface area contributed by atoms with Crippen LogP contribution in [-0.4, -0.2) is 66.4 Å². The Bertz CT molecular complexity index is 1060. The summed E-state index contributed by atoms with van der Waals surface area (Å²) in [4.78, 5) is 39.1. The molecule has 8 nitrogen and oxygen atoms in total. The van der Waals surface area contributed by atoms with Crippen LogP contribution in [0.3, 0.4) is 0 Å². The smallest absolute Gasteiger partial charge is 0.407 e. The van der Waals surface area contributed by atoms with Gasteiger partial charge in [0.15, 0.2) is 5.60 Å². The summed E-state index contributed by atoms with van der Waals surface area (Å²) in [6.07, 6.45) is 1.59. The highest BCUT2D eigenvalue weighted by atomic mass is 16.5. The molecule has 2 N–H and O–H groups in total. The Labute approximate surface area is 205 Å². The minimum absolute atomic E-state index is 0.0489. The van der Waals surface area contributed by atoms with Crippen LogP contribution in [0.25, 0.3) is 11.1 Å². The van der Waals surface area contributed by atoms with Crippen molar-refractivity contribution in [2.24, 2.45) is 0 Å². The zero-order chi connectivity index (χ0) is 25.0. The molecule has 2 amide bonds. The molecule has 35 heavy (non-hydrogen) atoms. The van der Waals surface area contributed by atoms with Crippen LogP contribution in [0.5, 0.6) is 0 Å². The van der Waals surface area contributed by atoms with Crippen LogP contribution in [-0.2, 0) is 19.1 Å². The third-order valence-electron chi connectivity index (χ3n) is 7.10. The van der Waals surface area contributed by atoms with E-state index in [0.29, 0.717) is 6.42 Å². The van der Waals surface area contributed by atoms with Gasteiger partial charge in [0.25, 0.3) is 0 Å². The fraction of sp³-hybridized carbons (Fsp3) is 0.444. The monoisotopic (exact) mass is 480 g/mol. The molecular formula is C27H32N2O6. The van der Waals surface area contributed by atoms with Crippen LogP contribution >= 0.6 is 0 Å². The molecule has 0 bridgehead atoms. The Morgan fingerprint density at radius 2 is 1.74 bits per heavy atom. The number of hydrogen-bond donors (Lipinski definition) is 2. The maximum Gasteiger partial charge on any atom is 0.407 e. The van der Waals surface area contributed by atoms with Gasteiger partial charge < -0.3 is 24.8 Å². The van der Waals surface area contributed by atoms with Gasteiger partial charge in [0.1, 0.15) is 12.6 Å². The van der Waals surface area contributed by atoms with Gasteiger partial charge in [-0.1, -0.05) is 68.3 Å². The maximum absolute atomic E-state index is 13.2. The third kappa shape index (κ3) is 4.89. The molecule has 0 spiro atoms. The lowest BCUT2D eigenvalue weighted by Crippen LogP contribution is -2.50. The Balaban J connectivity index is 1.42. The number of carboxylic acids is 1. The lowest BCUT2D eigenvalue weighted by atomic mass is 9.98. The molecule has 1 heterocycles. The average Bonchev–Trinajstić information content (AvgIpc) is 3.46. The molecule has 2 unspecified atom stereocenters. The van der Waals surface area contributed by atoms with Crippen LogP contribution in [0.2, 0.25) is 0 Å². The van der Waals surface area contributed by atoms with Gasteiger partial charge in [-0.2, -0.15) is 0 Å². The first-order valence-electron chi connectivity index (χ1n) is 12.1. The lowest BCUT2D eigenvalue weighted by molar-refractivity contribution is -0.161. The van der Waals surface area contributed by atoms with Crippen molar-refractivity contribution in [2.45, 2.75) is 50.2 Å². The lowest BCUT2D eigenvalue weighted by Gasteiger charge is -2.26. The van der Waals surface area contributed by atoms with Gasteiger partial charge in [-0.15, -0.1) is 0 Å². The van der Waals surface area contributed by atoms with E-state index >= 15 is 0 Å². The molecule has 1 fully saturated rings. The van der Waals surface area contributed by atoms with E-state index in [-0.39, 0.29) is 37.9 Å². The average molecular weight is 481 g/mol. The van der Waals surface area contributed by atoms with Crippen molar-refractivity contribution < 1.29 is 29.0 Å². The molecule has 1 aliphatic heterocycles. The highest BCUT2D eigenvalue weighted by Gasteiger charge is 2.47. The van der Waals surface area contributed by atoms with Crippen molar-refractivity contribution >= 4 is 18.0 Å². The number of amides is 2. The van der Waals surface area contributed by atoms with Gasteiger partial charge >= 0.3 is 12.1 Å². The molecule has 0 aromatic heterocycles. The Hall–Kier alpha value is -3.39. The number of ether oxygens (including phenoxy) is 2. The molecule has 8 heteroatoms. The first kappa shape index (κ1) is 24.7. The summed E-state index contributed by atoms with van der Waals surface area (Å²) < 4.78 is 10.9. The minimum Gasteiger partial charge on any atom is -0.479 e. The third-order valence-corrected chi connectivity index (χ3v) is 7.10. The van der Waals surface area contributed by atoms with Crippen molar-refractivity contribution in [3.05, 3.63) is 59.7 Å². The topological polar surface area (TPSA) is 105 Å². The molecular weight excluding hydrogens is 448 g/mol. The molecule has 2 atom stereocenters. The van der Waals surface area contributed by atoms with Crippen molar-refractivity contribution in [3.63, 3.8) is 0 Å². The predicted molar refractivity (Wildman–Crippen MR) is 130 cm³/mol. The number of hydrogen-bond acceptors (Lipinski definition) is 5. The zero-order valence-electron chi connectivity index (χ0n) is 20.2. The number of fused-ring (bicyclic) bond motifs is 3. The number of benzene rings is 2. The van der Waals surface area contributed by atoms with Crippen LogP contribution in [0.4, 0.5) is 4.79 Å². The summed E-state index contributed by atoms with van der Waals surface area (Å²) in [5, 5.41) is 12.3. The molecule has 0 radical (unpaired) electrons. The molecule has 2 aliphatic rings. The molecule has 2 aromatic rings. The second-order valence-electron chi connectivity index (χ2n) is 9.18. The highest BCUT2D eigenvalue weighted by Crippen LogP contribution is 2.44. The first-order chi connectivity index (χ1) is 16.9. The van der Waals surface area contributed by atoms with Gasteiger partial charge in [0.2, 0.25) is 5.91 Å². The van der Waals surface area contributed by atoms with E-state index in [1.54, 1.807) is 0 Å². The zero-order valence-corrected chi connectivity index (χ0v) is 20.2. The Morgan fingerprint density at radius 3 is 2.29 bits per heavy atom. The standard InChI is InChI=1S/C27H32N2O6/c1-3-4-13-23(24(30)29-15-14-27(17-29,34-2)25(31)32)28-26(33)35-16-22-20-11-7-5-9-18(20)19-10-6-8-12-21(19)22/h5-12,22-23H,3-4,13-17H2,1-2H3,(H,28,33)(H,31,32). The summed E-state index contributed by atoms with van der Waals surface area (Å²) >= 11 is 0. The van der Waals surface area contributed by atoms with E-state index in [9.17, 15) is 19.5 Å². The van der Waals surface area contributed by atoms with Gasteiger partial charge in [-0.3, -0.25) is 4.79 Å². The number of likely N-dealkylation sites (tertiary alicyclic amines) is 1. The summed E-state index contributed by atoms with van der Waals surface area (Å²) in [6.45, 7) is 2.37. The first-order valence-corrected chi connectivity index (χ1v) is 12.1. The number of unbranched alkanes of at least 4 members (excludes halogenated alkanes) is 1. The van der Waals surface area contributed by atoms with E-state index in [1.807, 2.05) is 43.3 Å². The summed E-state index contributed by atoms with van der Waals surface area (Å²) in [6, 6.07) is 15.4. The number of alkyl carbamates (subject to hydrolysis) is 1. The van der Waals surface area contributed by atoms with Crippen molar-refractivity contribution in [2.75, 3.05) is 26.8 Å². The van der Waals surface area contributed by atoms with Crippen LogP contribution in [0, 0.1) is 0 Å². The fourth-order valence-corrected chi connectivity index (χ4v) is 5.07. The quantitative estimate of drug-likeness (QED) is 0.566. The van der Waals surface area contributed by atoms with E-state index in [2.05, 4.69) is 17.4 Å². The molecule has 1 aliphatic carbocycles. The second kappa shape index (κ2) is 10.5. The summed E-state index contributed by atoms with van der Waals surface area (Å²) in [7, 11) is 1.34. The minimum atomic E-state index is -1.41. The van der Waals surface area contributed by atoms with Gasteiger partial charge in [-0.25, -0.2) is 9.59 Å². The number of carboxylic acid groups (broad SMARTS) is 1. The van der Waals surface area contributed by atoms with Crippen LogP contribution in [0.15, 0.2) is 48.5 Å². The van der Waals surface area contributed by atoms with Gasteiger partial charge in [0.05, 0.1) is 6.54 Å². The largest absolute Gasteiger partial charge is 0.479 e. The fourth-order valence-electron chi connectivity index (χ4n) is 5.07. The number of methoxy groups -OCH3 is 1. The Kier molecular flexibility index (Phi) is 7.40. The Morgan fingerprint density at radius 1 is 1.11 bits per heavy atom. The summed E-state index contributed by atoms with van der Waals surface area (Å²) in [5.41, 5.74) is 3.10. The predicted octanol–water partition coefficient (Wildman–Crippen LogP) is 3.79. The van der Waals surface area contributed by atoms with Crippen LogP contribution < -0.4 is 5.32 Å². The SMILES string of the molecule is CCCCC(NC(=O)OCC1c2ccccc2-c2ccccc21)C(=O)N1CCC(OC)(C(=O)O)C1. The number of carbonyl (C=O) groups is 3. The maximum atomic E-state index is 13.2.